The monoisotopic (exact) mass is 711 g/mol. The van der Waals surface area contributed by atoms with E-state index in [2.05, 4.69) is 36.3 Å². The van der Waals surface area contributed by atoms with Gasteiger partial charge in [0.2, 0.25) is 16.4 Å². The molecule has 1 spiro atoms. The summed E-state index contributed by atoms with van der Waals surface area (Å²) in [6.07, 6.45) is -2.72. The highest BCUT2D eigenvalue weighted by Gasteiger charge is 2.48. The minimum atomic E-state index is -4.60. The molecular weight excluding hydrogens is 687 g/mol. The number of fused-ring (bicyclic) bond motifs is 3. The number of rotatable bonds is 4. The van der Waals surface area contributed by atoms with E-state index in [1.165, 1.54) is 27.8 Å². The Hall–Kier alpha value is -4.02. The summed E-state index contributed by atoms with van der Waals surface area (Å²) in [5.41, 5.74) is -2.00. The summed E-state index contributed by atoms with van der Waals surface area (Å²) in [7, 11) is 0. The molecule has 2 aliphatic rings. The average molecular weight is 713 g/mol. The van der Waals surface area contributed by atoms with E-state index in [1.54, 1.807) is 0 Å². The fourth-order valence-electron chi connectivity index (χ4n) is 5.43. The SMILES string of the molecule is CC.O=C(Cn1c2c(c(=O)n3nc(Br)nc13)C1(CCN(C(=O)c3ncccc3O)CC1)OC2)Nc1ccc(C(F)(F)F)cc1Cl. The number of pyridine rings is 1. The lowest BCUT2D eigenvalue weighted by atomic mass is 9.85. The molecule has 12 nitrogen and oxygen atoms in total. The quantitative estimate of drug-likeness (QED) is 0.309. The third-order valence-corrected chi connectivity index (χ3v) is 8.14. The lowest BCUT2D eigenvalue weighted by molar-refractivity contribution is -0.137. The van der Waals surface area contributed by atoms with Crippen molar-refractivity contribution in [1.29, 1.82) is 0 Å². The number of piperidine rings is 1. The summed E-state index contributed by atoms with van der Waals surface area (Å²) in [6.45, 7) is 3.95. The van der Waals surface area contributed by atoms with Crippen molar-refractivity contribution in [2.45, 2.75) is 51.6 Å². The molecule has 1 aromatic carbocycles. The Kier molecular flexibility index (Phi) is 8.92. The molecule has 2 N–H and O–H groups in total. The third-order valence-electron chi connectivity index (χ3n) is 7.49. The number of alkyl halides is 3. The topological polar surface area (TPSA) is 144 Å². The van der Waals surface area contributed by atoms with Crippen LogP contribution in [0.3, 0.4) is 0 Å². The highest BCUT2D eigenvalue weighted by molar-refractivity contribution is 9.10. The Bertz CT molecular complexity index is 1850. The summed E-state index contributed by atoms with van der Waals surface area (Å²) >= 11 is 9.18. The van der Waals surface area contributed by atoms with Crippen molar-refractivity contribution in [2.75, 3.05) is 18.4 Å². The molecule has 45 heavy (non-hydrogen) atoms. The van der Waals surface area contributed by atoms with E-state index in [0.29, 0.717) is 11.8 Å². The van der Waals surface area contributed by atoms with E-state index in [0.717, 1.165) is 16.6 Å². The van der Waals surface area contributed by atoms with E-state index in [4.69, 9.17) is 16.3 Å². The number of carbonyl (C=O) groups is 2. The number of anilines is 1. The largest absolute Gasteiger partial charge is 0.505 e. The maximum Gasteiger partial charge on any atom is 0.416 e. The molecular formula is C28H26BrClF3N7O5. The van der Waals surface area contributed by atoms with Crippen LogP contribution in [0.4, 0.5) is 18.9 Å². The number of likely N-dealkylation sites (tertiary alicyclic amines) is 1. The first-order valence-electron chi connectivity index (χ1n) is 13.8. The molecule has 0 saturated carbocycles. The molecule has 4 aromatic rings. The van der Waals surface area contributed by atoms with Crippen molar-refractivity contribution in [3.05, 3.63) is 79.2 Å². The molecule has 1 saturated heterocycles. The van der Waals surface area contributed by atoms with Crippen molar-refractivity contribution in [3.63, 3.8) is 0 Å². The average Bonchev–Trinajstić information content (AvgIpc) is 3.58. The number of amides is 2. The van der Waals surface area contributed by atoms with Gasteiger partial charge in [0, 0.05) is 19.3 Å². The Morgan fingerprint density at radius 3 is 2.56 bits per heavy atom. The van der Waals surface area contributed by atoms with Crippen LogP contribution in [0.1, 0.15) is 54.0 Å². The molecule has 0 unspecified atom stereocenters. The zero-order valence-electron chi connectivity index (χ0n) is 23.9. The zero-order chi connectivity index (χ0) is 32.7. The van der Waals surface area contributed by atoms with Crippen LogP contribution in [0.15, 0.2) is 46.1 Å². The van der Waals surface area contributed by atoms with Crippen LogP contribution >= 0.6 is 27.5 Å². The number of aromatic hydroxyl groups is 1. The van der Waals surface area contributed by atoms with E-state index in [1.807, 2.05) is 13.8 Å². The maximum atomic E-state index is 13.7. The fraction of sp³-hybridized carbons (Fsp3) is 0.357. The zero-order valence-corrected chi connectivity index (χ0v) is 26.2. The predicted molar refractivity (Wildman–Crippen MR) is 159 cm³/mol. The van der Waals surface area contributed by atoms with Gasteiger partial charge in [-0.05, 0) is 59.1 Å². The van der Waals surface area contributed by atoms with Gasteiger partial charge in [0.15, 0.2) is 5.69 Å². The number of hydrogen-bond acceptors (Lipinski definition) is 8. The molecule has 1 fully saturated rings. The van der Waals surface area contributed by atoms with Gasteiger partial charge in [0.25, 0.3) is 11.5 Å². The highest BCUT2D eigenvalue weighted by atomic mass is 79.9. The molecule has 238 valence electrons. The van der Waals surface area contributed by atoms with Crippen molar-refractivity contribution in [2.24, 2.45) is 0 Å². The molecule has 3 aromatic heterocycles. The molecule has 0 bridgehead atoms. The van der Waals surface area contributed by atoms with Crippen LogP contribution in [0.25, 0.3) is 5.78 Å². The number of hydrogen-bond donors (Lipinski definition) is 2. The van der Waals surface area contributed by atoms with Crippen molar-refractivity contribution in [3.8, 4) is 5.75 Å². The standard InChI is InChI=1S/C26H20BrClF3N7O5.C2H6/c27-23-34-24-37(11-18(40)33-15-4-3-13(10-14(15)28)26(29,30)31)16-12-43-25(19(16)21(41)38(24)35-23)5-8-36(9-6-25)22(42)20-17(39)2-1-7-32-20;1-2/h1-4,7,10,39H,5-6,8-9,11-12H2,(H,33,40);1-2H3. The molecule has 0 atom stereocenters. The van der Waals surface area contributed by atoms with Gasteiger partial charge in [0.05, 0.1) is 34.1 Å². The minimum Gasteiger partial charge on any atom is -0.505 e. The second-order valence-electron chi connectivity index (χ2n) is 9.99. The second-order valence-corrected chi connectivity index (χ2v) is 11.1. The van der Waals surface area contributed by atoms with Gasteiger partial charge in [-0.2, -0.15) is 22.7 Å². The fourth-order valence-corrected chi connectivity index (χ4v) is 5.98. The minimum absolute atomic E-state index is 0.0280. The number of nitrogens with zero attached hydrogens (tertiary/aromatic N) is 6. The molecule has 6 rings (SSSR count). The first-order valence-corrected chi connectivity index (χ1v) is 15.0. The van der Waals surface area contributed by atoms with Crippen LogP contribution in [0.2, 0.25) is 5.02 Å². The van der Waals surface area contributed by atoms with Gasteiger partial charge >= 0.3 is 6.18 Å². The van der Waals surface area contributed by atoms with E-state index in [9.17, 15) is 32.7 Å². The third kappa shape index (κ3) is 6.01. The van der Waals surface area contributed by atoms with E-state index in [-0.39, 0.29) is 70.8 Å². The normalized spacial score (nSPS) is 15.5. The Morgan fingerprint density at radius 1 is 1.20 bits per heavy atom. The first kappa shape index (κ1) is 32.4. The molecule has 5 heterocycles. The van der Waals surface area contributed by atoms with Crippen molar-refractivity contribution in [1.82, 2.24) is 29.0 Å². The summed E-state index contributed by atoms with van der Waals surface area (Å²) < 4.78 is 47.9. The van der Waals surface area contributed by atoms with Gasteiger partial charge in [-0.15, -0.1) is 5.10 Å². The molecule has 2 amide bonds. The highest BCUT2D eigenvalue weighted by Crippen LogP contribution is 2.43. The van der Waals surface area contributed by atoms with Gasteiger partial charge in [-0.3, -0.25) is 14.4 Å². The Balaban J connectivity index is 0.00000196. The van der Waals surface area contributed by atoms with Crippen LogP contribution in [0, 0.1) is 0 Å². The first-order chi connectivity index (χ1) is 21.4. The van der Waals surface area contributed by atoms with Gasteiger partial charge in [-0.25, -0.2) is 4.98 Å². The number of nitrogens with one attached hydrogen (secondary N) is 1. The number of aromatic nitrogens is 5. The van der Waals surface area contributed by atoms with Crippen LogP contribution in [-0.4, -0.2) is 59.1 Å². The van der Waals surface area contributed by atoms with Crippen LogP contribution in [0.5, 0.6) is 5.75 Å². The predicted octanol–water partition coefficient (Wildman–Crippen LogP) is 4.75. The lowest BCUT2D eigenvalue weighted by Gasteiger charge is -2.38. The summed E-state index contributed by atoms with van der Waals surface area (Å²) in [5.74, 6) is -1.31. The maximum absolute atomic E-state index is 13.7. The van der Waals surface area contributed by atoms with Gasteiger partial charge in [0.1, 0.15) is 17.9 Å². The molecule has 0 radical (unpaired) electrons. The summed E-state index contributed by atoms with van der Waals surface area (Å²) in [4.78, 5) is 49.5. The van der Waals surface area contributed by atoms with Crippen molar-refractivity contribution < 1.29 is 32.6 Å². The number of benzene rings is 1. The van der Waals surface area contributed by atoms with Gasteiger partial charge < -0.3 is 24.6 Å². The van der Waals surface area contributed by atoms with Crippen LogP contribution < -0.4 is 10.9 Å². The number of carbonyl (C=O) groups excluding carboxylic acids is 2. The summed E-state index contributed by atoms with van der Waals surface area (Å²) in [5, 5.41) is 16.4. The lowest BCUT2D eigenvalue weighted by Crippen LogP contribution is -2.47. The smallest absolute Gasteiger partial charge is 0.416 e. The number of halogens is 5. The Labute approximate surface area is 266 Å². The van der Waals surface area contributed by atoms with Crippen LogP contribution in [-0.2, 0) is 34.5 Å². The van der Waals surface area contributed by atoms with E-state index >= 15 is 0 Å². The molecule has 17 heteroatoms. The molecule has 0 aliphatic carbocycles. The Morgan fingerprint density at radius 2 is 1.91 bits per heavy atom. The van der Waals surface area contributed by atoms with Gasteiger partial charge in [-0.1, -0.05) is 25.4 Å². The second kappa shape index (κ2) is 12.4. The summed E-state index contributed by atoms with van der Waals surface area (Å²) in [6, 6.07) is 5.45. The number of ether oxygens (including phenoxy) is 1. The van der Waals surface area contributed by atoms with Crippen molar-refractivity contribution >= 4 is 50.8 Å². The van der Waals surface area contributed by atoms with E-state index < -0.39 is 41.3 Å². The molecule has 2 aliphatic heterocycles.